The molecular weight excluding hydrogens is 180 g/mol. The van der Waals surface area contributed by atoms with Crippen molar-refractivity contribution in [3.63, 3.8) is 0 Å². The first-order chi connectivity index (χ1) is 6.47. The van der Waals surface area contributed by atoms with E-state index < -0.39 is 6.04 Å². The Kier molecular flexibility index (Phi) is 6.49. The van der Waals surface area contributed by atoms with Gasteiger partial charge in [0.25, 0.3) is 0 Å². The summed E-state index contributed by atoms with van der Waals surface area (Å²) in [5.74, 6) is 0.344. The molecule has 4 heteroatoms. The van der Waals surface area contributed by atoms with Crippen LogP contribution in [0.5, 0.6) is 0 Å². The van der Waals surface area contributed by atoms with Crippen LogP contribution in [-0.4, -0.2) is 31.7 Å². The largest absolute Gasteiger partial charge is 0.383 e. The molecule has 0 fully saturated rings. The van der Waals surface area contributed by atoms with Gasteiger partial charge in [0.2, 0.25) is 5.91 Å². The molecule has 0 heterocycles. The van der Waals surface area contributed by atoms with Crippen LogP contribution in [0.3, 0.4) is 0 Å². The van der Waals surface area contributed by atoms with Gasteiger partial charge in [-0.25, -0.2) is 0 Å². The van der Waals surface area contributed by atoms with Crippen molar-refractivity contribution in [2.45, 2.75) is 39.3 Å². The first-order valence-electron chi connectivity index (χ1n) is 5.02. The van der Waals surface area contributed by atoms with Crippen molar-refractivity contribution in [3.05, 3.63) is 0 Å². The number of methoxy groups -OCH3 is 1. The van der Waals surface area contributed by atoms with Gasteiger partial charge in [-0.15, -0.1) is 0 Å². The highest BCUT2D eigenvalue weighted by molar-refractivity contribution is 5.81. The third-order valence-electron chi connectivity index (χ3n) is 1.87. The van der Waals surface area contributed by atoms with Crippen LogP contribution in [0.1, 0.15) is 27.2 Å². The number of rotatable bonds is 6. The minimum atomic E-state index is -0.408. The summed E-state index contributed by atoms with van der Waals surface area (Å²) in [5, 5.41) is 2.80. The average molecular weight is 202 g/mol. The van der Waals surface area contributed by atoms with Crippen molar-refractivity contribution in [1.29, 1.82) is 0 Å². The highest BCUT2D eigenvalue weighted by Crippen LogP contribution is 2.02. The molecule has 0 aliphatic heterocycles. The van der Waals surface area contributed by atoms with E-state index in [0.29, 0.717) is 18.9 Å². The number of ether oxygens (including phenoxy) is 1. The second-order valence-electron chi connectivity index (χ2n) is 4.10. The Balaban J connectivity index is 3.82. The maximum atomic E-state index is 11.5. The predicted molar refractivity (Wildman–Crippen MR) is 56.9 cm³/mol. The lowest BCUT2D eigenvalue weighted by atomic mass is 10.0. The first-order valence-corrected chi connectivity index (χ1v) is 5.02. The van der Waals surface area contributed by atoms with Gasteiger partial charge in [-0.05, 0) is 19.3 Å². The van der Waals surface area contributed by atoms with E-state index in [1.807, 2.05) is 20.8 Å². The van der Waals surface area contributed by atoms with Crippen molar-refractivity contribution in [2.24, 2.45) is 11.7 Å². The van der Waals surface area contributed by atoms with Crippen molar-refractivity contribution in [3.8, 4) is 0 Å². The lowest BCUT2D eigenvalue weighted by molar-refractivity contribution is -0.123. The maximum Gasteiger partial charge on any atom is 0.237 e. The molecule has 4 nitrogen and oxygen atoms in total. The van der Waals surface area contributed by atoms with Crippen LogP contribution in [0.2, 0.25) is 0 Å². The molecule has 1 amide bonds. The lowest BCUT2D eigenvalue weighted by Crippen LogP contribution is -2.46. The smallest absolute Gasteiger partial charge is 0.237 e. The molecule has 84 valence electrons. The van der Waals surface area contributed by atoms with E-state index in [2.05, 4.69) is 5.32 Å². The van der Waals surface area contributed by atoms with Crippen LogP contribution in [0.15, 0.2) is 0 Å². The Labute approximate surface area is 86.2 Å². The summed E-state index contributed by atoms with van der Waals surface area (Å²) in [6.45, 7) is 6.50. The fourth-order valence-electron chi connectivity index (χ4n) is 1.26. The van der Waals surface area contributed by atoms with E-state index >= 15 is 0 Å². The summed E-state index contributed by atoms with van der Waals surface area (Å²) in [7, 11) is 1.61. The van der Waals surface area contributed by atoms with E-state index in [0.717, 1.165) is 0 Å². The molecule has 0 radical (unpaired) electrons. The van der Waals surface area contributed by atoms with Crippen molar-refractivity contribution in [2.75, 3.05) is 13.7 Å². The normalized spacial score (nSPS) is 15.3. The summed E-state index contributed by atoms with van der Waals surface area (Å²) in [6.07, 6.45) is 0.714. The monoisotopic (exact) mass is 202 g/mol. The quantitative estimate of drug-likeness (QED) is 0.659. The fourth-order valence-corrected chi connectivity index (χ4v) is 1.26. The summed E-state index contributed by atoms with van der Waals surface area (Å²) in [6, 6.07) is -0.389. The molecule has 3 N–H and O–H groups in total. The van der Waals surface area contributed by atoms with Gasteiger partial charge in [0, 0.05) is 13.2 Å². The Bertz CT molecular complexity index is 172. The van der Waals surface area contributed by atoms with Gasteiger partial charge in [0.05, 0.1) is 12.6 Å². The predicted octanol–water partition coefficient (Wildman–Crippen LogP) is 0.511. The van der Waals surface area contributed by atoms with E-state index in [1.54, 1.807) is 7.11 Å². The van der Waals surface area contributed by atoms with Gasteiger partial charge >= 0.3 is 0 Å². The molecule has 0 aromatic carbocycles. The van der Waals surface area contributed by atoms with Crippen LogP contribution in [0, 0.1) is 5.92 Å². The summed E-state index contributed by atoms with van der Waals surface area (Å²) >= 11 is 0. The summed E-state index contributed by atoms with van der Waals surface area (Å²) < 4.78 is 4.91. The molecule has 0 bridgehead atoms. The lowest BCUT2D eigenvalue weighted by Gasteiger charge is -2.17. The van der Waals surface area contributed by atoms with Crippen LogP contribution in [0.4, 0.5) is 0 Å². The SMILES string of the molecule is COC[C@H](C)NC(=O)[C@@H](N)CC(C)C. The van der Waals surface area contributed by atoms with Crippen LogP contribution >= 0.6 is 0 Å². The molecule has 0 aromatic rings. The second-order valence-corrected chi connectivity index (χ2v) is 4.10. The molecule has 0 saturated carbocycles. The fraction of sp³-hybridized carbons (Fsp3) is 0.900. The Morgan fingerprint density at radius 2 is 2.00 bits per heavy atom. The van der Waals surface area contributed by atoms with Crippen molar-refractivity contribution < 1.29 is 9.53 Å². The number of amides is 1. The Hall–Kier alpha value is -0.610. The Morgan fingerprint density at radius 1 is 1.43 bits per heavy atom. The molecule has 0 rings (SSSR count). The van der Waals surface area contributed by atoms with Crippen molar-refractivity contribution >= 4 is 5.91 Å². The molecule has 0 aliphatic rings. The topological polar surface area (TPSA) is 64.3 Å². The zero-order chi connectivity index (χ0) is 11.1. The highest BCUT2D eigenvalue weighted by Gasteiger charge is 2.16. The van der Waals surface area contributed by atoms with Crippen molar-refractivity contribution in [1.82, 2.24) is 5.32 Å². The number of nitrogens with one attached hydrogen (secondary N) is 1. The van der Waals surface area contributed by atoms with Gasteiger partial charge in [0.15, 0.2) is 0 Å². The van der Waals surface area contributed by atoms with E-state index in [4.69, 9.17) is 10.5 Å². The molecule has 14 heavy (non-hydrogen) atoms. The number of carbonyl (C=O) groups is 1. The van der Waals surface area contributed by atoms with Gasteiger partial charge < -0.3 is 15.8 Å². The van der Waals surface area contributed by atoms with Crippen LogP contribution < -0.4 is 11.1 Å². The van der Waals surface area contributed by atoms with E-state index in [-0.39, 0.29) is 11.9 Å². The second kappa shape index (κ2) is 6.79. The number of hydrogen-bond donors (Lipinski definition) is 2. The Morgan fingerprint density at radius 3 is 2.43 bits per heavy atom. The molecule has 0 spiro atoms. The zero-order valence-electron chi connectivity index (χ0n) is 9.54. The van der Waals surface area contributed by atoms with Gasteiger partial charge in [-0.1, -0.05) is 13.8 Å². The molecular formula is C10H22N2O2. The first kappa shape index (κ1) is 13.4. The third-order valence-corrected chi connectivity index (χ3v) is 1.87. The van der Waals surface area contributed by atoms with Gasteiger partial charge in [0.1, 0.15) is 0 Å². The standard InChI is InChI=1S/C10H22N2O2/c1-7(2)5-9(11)10(13)12-8(3)6-14-4/h7-9H,5-6,11H2,1-4H3,(H,12,13)/t8-,9-/m0/s1. The molecule has 0 saturated heterocycles. The zero-order valence-corrected chi connectivity index (χ0v) is 9.54. The molecule has 2 atom stereocenters. The summed E-state index contributed by atoms with van der Waals surface area (Å²) in [5.41, 5.74) is 5.71. The van der Waals surface area contributed by atoms with Gasteiger partial charge in [-0.2, -0.15) is 0 Å². The molecule has 0 unspecified atom stereocenters. The van der Waals surface area contributed by atoms with Crippen LogP contribution in [0.25, 0.3) is 0 Å². The number of carbonyl (C=O) groups excluding carboxylic acids is 1. The minimum absolute atomic E-state index is 0.0192. The summed E-state index contributed by atoms with van der Waals surface area (Å²) in [4.78, 5) is 11.5. The number of nitrogens with two attached hydrogens (primary N) is 1. The maximum absolute atomic E-state index is 11.5. The highest BCUT2D eigenvalue weighted by atomic mass is 16.5. The number of hydrogen-bond acceptors (Lipinski definition) is 3. The van der Waals surface area contributed by atoms with Gasteiger partial charge in [-0.3, -0.25) is 4.79 Å². The van der Waals surface area contributed by atoms with Crippen LogP contribution in [-0.2, 0) is 9.53 Å². The third kappa shape index (κ3) is 5.94. The molecule has 0 aromatic heterocycles. The average Bonchev–Trinajstić information content (AvgIpc) is 2.02. The minimum Gasteiger partial charge on any atom is -0.383 e. The van der Waals surface area contributed by atoms with E-state index in [1.165, 1.54) is 0 Å². The van der Waals surface area contributed by atoms with E-state index in [9.17, 15) is 4.79 Å². The molecule has 0 aliphatic carbocycles.